The Morgan fingerprint density at radius 1 is 2.00 bits per heavy atom. The average Bonchev–Trinajstić information content (AvgIpc) is 1.38. The van der Waals surface area contributed by atoms with E-state index in [4.69, 9.17) is 4.89 Å². The van der Waals surface area contributed by atoms with Gasteiger partial charge in [0.05, 0.1) is 0 Å². The minimum absolute atomic E-state index is 0.524. The van der Waals surface area contributed by atoms with E-state index in [1.54, 1.807) is 22.0 Å². The molecule has 0 fully saturated rings. The zero-order valence-corrected chi connectivity index (χ0v) is 5.31. The van der Waals surface area contributed by atoms with Gasteiger partial charge in [0, 0.05) is 0 Å². The summed E-state index contributed by atoms with van der Waals surface area (Å²) >= 11 is 1.66. The fourth-order valence-corrected chi connectivity index (χ4v) is 0. The van der Waals surface area contributed by atoms with Gasteiger partial charge in [-0.05, 0) is 0 Å². The van der Waals surface area contributed by atoms with Crippen LogP contribution in [-0.2, 0) is 4.70 Å². The van der Waals surface area contributed by atoms with E-state index in [9.17, 15) is 4.70 Å². The Morgan fingerprint density at radius 3 is 2.20 bits per heavy atom. The van der Waals surface area contributed by atoms with Crippen LogP contribution in [0.3, 0.4) is 0 Å². The molecule has 0 radical (unpaired) electrons. The molecule has 0 amide bonds. The minimum atomic E-state index is -1.31. The van der Waals surface area contributed by atoms with Gasteiger partial charge >= 0.3 is 44.2 Å². The third kappa shape index (κ3) is 4.98. The van der Waals surface area contributed by atoms with Crippen LogP contribution in [0, 0.1) is 0 Å². The fraction of sp³-hybridized carbons (Fsp3) is 0. The number of rotatable bonds is 1. The summed E-state index contributed by atoms with van der Waals surface area (Å²) in [6, 6.07) is 0. The molecule has 0 heterocycles. The number of hydrogen-bond acceptors (Lipinski definition) is 2. The molecule has 0 aliphatic heterocycles. The van der Waals surface area contributed by atoms with E-state index in [1.807, 2.05) is 0 Å². The Balaban J connectivity index is 2.83. The Hall–Kier alpha value is 0.985. The van der Waals surface area contributed by atoms with E-state index in [2.05, 4.69) is 0 Å². The van der Waals surface area contributed by atoms with Crippen molar-refractivity contribution >= 4 is 34.6 Å². The van der Waals surface area contributed by atoms with Crippen LogP contribution in [0.5, 0.6) is 0 Å². The quantitative estimate of drug-likeness (QED) is 0.385. The predicted molar refractivity (Wildman–Crippen MR) is 29.6 cm³/mol. The Morgan fingerprint density at radius 2 is 2.20 bits per heavy atom. The summed E-state index contributed by atoms with van der Waals surface area (Å²) in [5.74, 6) is 0. The second-order valence-corrected chi connectivity index (χ2v) is 4.15. The van der Waals surface area contributed by atoms with Crippen LogP contribution in [0.15, 0.2) is 0 Å². The third-order valence-corrected chi connectivity index (χ3v) is 0.943. The van der Waals surface area contributed by atoms with Crippen molar-refractivity contribution < 1.29 is 9.60 Å². The van der Waals surface area contributed by atoms with Crippen LogP contribution < -0.4 is 0 Å². The summed E-state index contributed by atoms with van der Waals surface area (Å²) in [6.45, 7) is 0.524. The molecule has 0 aromatic carbocycles. The standard InChI is InChI=1S/BHIO2P/c2-5(4)1-3/h4H. The molecule has 28 valence electrons. The molecular weight excluding hydrogens is 201 g/mol. The SMILES string of the molecule is O=BP(O)I. The van der Waals surface area contributed by atoms with Gasteiger partial charge in [-0.3, -0.25) is 0 Å². The van der Waals surface area contributed by atoms with E-state index < -0.39 is 5.67 Å². The van der Waals surface area contributed by atoms with Gasteiger partial charge in [0.2, 0.25) is 0 Å². The average molecular weight is 202 g/mol. The molecule has 0 aromatic rings. The maximum atomic E-state index is 9.28. The van der Waals surface area contributed by atoms with Crippen molar-refractivity contribution in [3.63, 3.8) is 0 Å². The van der Waals surface area contributed by atoms with Gasteiger partial charge in [0.25, 0.3) is 0 Å². The van der Waals surface area contributed by atoms with Gasteiger partial charge in [-0.25, -0.2) is 0 Å². The van der Waals surface area contributed by atoms with Crippen LogP contribution >= 0.6 is 27.7 Å². The number of hydrogen-bond donors (Lipinski definition) is 1. The van der Waals surface area contributed by atoms with Crippen molar-refractivity contribution in [2.24, 2.45) is 0 Å². The van der Waals surface area contributed by atoms with E-state index in [1.165, 1.54) is 0 Å². The normalized spacial score (nSPS) is 13.2. The van der Waals surface area contributed by atoms with E-state index >= 15 is 0 Å². The second kappa shape index (κ2) is 3.19. The van der Waals surface area contributed by atoms with Gasteiger partial charge in [0.1, 0.15) is 0 Å². The van der Waals surface area contributed by atoms with Gasteiger partial charge in [-0.2, -0.15) is 0 Å². The van der Waals surface area contributed by atoms with Crippen LogP contribution in [0.25, 0.3) is 0 Å². The summed E-state index contributed by atoms with van der Waals surface area (Å²) in [5.41, 5.74) is -1.31. The number of halogens is 1. The zero-order valence-electron chi connectivity index (χ0n) is 2.26. The first-order chi connectivity index (χ1) is 2.27. The summed E-state index contributed by atoms with van der Waals surface area (Å²) in [6.07, 6.45) is 0. The van der Waals surface area contributed by atoms with E-state index in [-0.39, 0.29) is 0 Å². The molecule has 1 atom stereocenters. The summed E-state index contributed by atoms with van der Waals surface area (Å²) in [7, 11) is 0. The molecule has 5 heteroatoms. The van der Waals surface area contributed by atoms with Crippen LogP contribution in [-0.4, -0.2) is 11.8 Å². The molecule has 0 bridgehead atoms. The summed E-state index contributed by atoms with van der Waals surface area (Å²) in [4.78, 5) is 8.04. The molecule has 0 spiro atoms. The second-order valence-electron chi connectivity index (χ2n) is 0.394. The van der Waals surface area contributed by atoms with E-state index in [0.29, 0.717) is 6.87 Å². The van der Waals surface area contributed by atoms with Crippen molar-refractivity contribution in [3.05, 3.63) is 0 Å². The molecule has 1 unspecified atom stereocenters. The summed E-state index contributed by atoms with van der Waals surface area (Å²) in [5, 5.41) is 0. The van der Waals surface area contributed by atoms with Crippen molar-refractivity contribution in [3.8, 4) is 0 Å². The first kappa shape index (κ1) is 5.98. The first-order valence-electron chi connectivity index (χ1n) is 0.863. The van der Waals surface area contributed by atoms with Gasteiger partial charge in [-0.1, -0.05) is 0 Å². The van der Waals surface area contributed by atoms with Crippen molar-refractivity contribution in [1.82, 2.24) is 0 Å². The van der Waals surface area contributed by atoms with Crippen molar-refractivity contribution in [2.75, 3.05) is 0 Å². The summed E-state index contributed by atoms with van der Waals surface area (Å²) < 4.78 is 9.28. The van der Waals surface area contributed by atoms with Crippen molar-refractivity contribution in [2.45, 2.75) is 0 Å². The Bertz CT molecular complexity index is 36.6. The van der Waals surface area contributed by atoms with Gasteiger partial charge < -0.3 is 0 Å². The van der Waals surface area contributed by atoms with Crippen LogP contribution in [0.1, 0.15) is 0 Å². The molecule has 1 N–H and O–H groups in total. The molecule has 0 rings (SSSR count). The molecule has 0 aliphatic carbocycles. The van der Waals surface area contributed by atoms with Crippen LogP contribution in [0.2, 0.25) is 0 Å². The monoisotopic (exact) mass is 202 g/mol. The van der Waals surface area contributed by atoms with Crippen molar-refractivity contribution in [1.29, 1.82) is 0 Å². The van der Waals surface area contributed by atoms with E-state index in [0.717, 1.165) is 0 Å². The first-order valence-corrected chi connectivity index (χ1v) is 5.01. The van der Waals surface area contributed by atoms with Crippen LogP contribution in [0.4, 0.5) is 0 Å². The molecule has 0 saturated carbocycles. The Labute approximate surface area is 44.5 Å². The third-order valence-electron chi connectivity index (χ3n) is 0.0870. The van der Waals surface area contributed by atoms with Gasteiger partial charge in [0.15, 0.2) is 0 Å². The molecule has 0 saturated heterocycles. The zero-order chi connectivity index (χ0) is 4.28. The molecular formula is HBIO2P. The Kier molecular flexibility index (Phi) is 3.81. The topological polar surface area (TPSA) is 37.3 Å². The molecule has 2 nitrogen and oxygen atoms in total. The molecule has 0 aliphatic rings. The molecule has 5 heavy (non-hydrogen) atoms. The predicted octanol–water partition coefficient (Wildman–Crippen LogP) is 0.690. The fourth-order valence-electron chi connectivity index (χ4n) is 0. The van der Waals surface area contributed by atoms with Gasteiger partial charge in [-0.15, -0.1) is 0 Å². The maximum absolute atomic E-state index is 9.28. The molecule has 0 aromatic heterocycles.